The molecule has 0 aliphatic carbocycles. The number of aliphatic hydroxyl groups is 1. The number of ether oxygens (including phenoxy) is 1. The van der Waals surface area contributed by atoms with Crippen LogP contribution in [0.5, 0.6) is 5.75 Å². The highest BCUT2D eigenvalue weighted by Gasteiger charge is 2.47. The van der Waals surface area contributed by atoms with Crippen LogP contribution in [0.4, 0.5) is 13.2 Å². The van der Waals surface area contributed by atoms with Crippen LogP contribution in [0.25, 0.3) is 0 Å². The monoisotopic (exact) mass is 315 g/mol. The lowest BCUT2D eigenvalue weighted by atomic mass is 9.80. The number of fused-ring (bicyclic) bond motifs is 2. The summed E-state index contributed by atoms with van der Waals surface area (Å²) in [5.41, 5.74) is -1.68. The van der Waals surface area contributed by atoms with E-state index in [2.05, 4.69) is 4.90 Å². The SMILES string of the molecule is COc1ccc(C2(O)CC3CCC(C2)N3C)cc1C(F)(F)F. The van der Waals surface area contributed by atoms with E-state index in [0.29, 0.717) is 18.4 Å². The first-order chi connectivity index (χ1) is 10.2. The molecule has 122 valence electrons. The molecule has 2 heterocycles. The maximum Gasteiger partial charge on any atom is 0.419 e. The van der Waals surface area contributed by atoms with Gasteiger partial charge in [0.25, 0.3) is 0 Å². The van der Waals surface area contributed by atoms with Crippen molar-refractivity contribution in [2.24, 2.45) is 0 Å². The molecule has 3 nitrogen and oxygen atoms in total. The Hall–Kier alpha value is -1.27. The standard InChI is InChI=1S/C16H20F3NO2/c1-20-11-4-5-12(20)9-15(21,8-11)10-3-6-14(22-2)13(7-10)16(17,18)19/h3,6-7,11-12,21H,4-5,8-9H2,1-2H3. The molecule has 1 aromatic rings. The third kappa shape index (κ3) is 2.48. The zero-order chi connectivity index (χ0) is 16.1. The van der Waals surface area contributed by atoms with Gasteiger partial charge < -0.3 is 14.7 Å². The number of hydrogen-bond donors (Lipinski definition) is 1. The van der Waals surface area contributed by atoms with Gasteiger partial charge in [-0.3, -0.25) is 0 Å². The molecule has 2 aliphatic heterocycles. The number of methoxy groups -OCH3 is 1. The number of piperidine rings is 1. The molecule has 22 heavy (non-hydrogen) atoms. The Morgan fingerprint density at radius 2 is 1.82 bits per heavy atom. The van der Waals surface area contributed by atoms with Crippen LogP contribution in [0.2, 0.25) is 0 Å². The van der Waals surface area contributed by atoms with Gasteiger partial charge in [-0.15, -0.1) is 0 Å². The molecule has 2 bridgehead atoms. The lowest BCUT2D eigenvalue weighted by Crippen LogP contribution is -2.47. The van der Waals surface area contributed by atoms with Crippen molar-refractivity contribution in [1.29, 1.82) is 0 Å². The molecule has 2 aliphatic rings. The van der Waals surface area contributed by atoms with Crippen LogP contribution in [0.3, 0.4) is 0 Å². The van der Waals surface area contributed by atoms with Gasteiger partial charge in [0.1, 0.15) is 5.75 Å². The Morgan fingerprint density at radius 1 is 1.23 bits per heavy atom. The van der Waals surface area contributed by atoms with Gasteiger partial charge in [-0.05, 0) is 50.4 Å². The fraction of sp³-hybridized carbons (Fsp3) is 0.625. The Labute approximate surface area is 127 Å². The normalized spacial score (nSPS) is 32.3. The number of benzene rings is 1. The predicted octanol–water partition coefficient (Wildman–Crippen LogP) is 3.16. The molecule has 0 spiro atoms. The van der Waals surface area contributed by atoms with E-state index in [1.54, 1.807) is 6.07 Å². The second kappa shape index (κ2) is 5.13. The molecule has 3 rings (SSSR count). The zero-order valence-electron chi connectivity index (χ0n) is 12.7. The molecule has 2 unspecified atom stereocenters. The van der Waals surface area contributed by atoms with E-state index in [1.807, 2.05) is 7.05 Å². The summed E-state index contributed by atoms with van der Waals surface area (Å²) >= 11 is 0. The molecule has 0 aromatic heterocycles. The average Bonchev–Trinajstić information content (AvgIpc) is 2.69. The van der Waals surface area contributed by atoms with Gasteiger partial charge in [0.2, 0.25) is 0 Å². The number of alkyl halides is 3. The molecule has 0 radical (unpaired) electrons. The highest BCUT2D eigenvalue weighted by atomic mass is 19.4. The summed E-state index contributed by atoms with van der Waals surface area (Å²) in [6, 6.07) is 4.37. The van der Waals surface area contributed by atoms with Crippen LogP contribution in [-0.2, 0) is 11.8 Å². The van der Waals surface area contributed by atoms with Gasteiger partial charge in [-0.25, -0.2) is 0 Å². The summed E-state index contributed by atoms with van der Waals surface area (Å²) in [6.45, 7) is 0. The lowest BCUT2D eigenvalue weighted by molar-refractivity contribution is -0.139. The summed E-state index contributed by atoms with van der Waals surface area (Å²) in [5.74, 6) is -0.212. The molecule has 0 saturated carbocycles. The topological polar surface area (TPSA) is 32.7 Å². The maximum absolute atomic E-state index is 13.2. The van der Waals surface area contributed by atoms with E-state index in [4.69, 9.17) is 4.74 Å². The first-order valence-corrected chi connectivity index (χ1v) is 7.44. The van der Waals surface area contributed by atoms with Crippen LogP contribution in [0, 0.1) is 0 Å². The molecule has 6 heteroatoms. The molecular formula is C16H20F3NO2. The average molecular weight is 315 g/mol. The van der Waals surface area contributed by atoms with Gasteiger partial charge in [0.05, 0.1) is 18.3 Å². The summed E-state index contributed by atoms with van der Waals surface area (Å²) in [6.07, 6.45) is -1.56. The van der Waals surface area contributed by atoms with Gasteiger partial charge in [0.15, 0.2) is 0 Å². The van der Waals surface area contributed by atoms with Crippen LogP contribution in [0.1, 0.15) is 36.8 Å². The highest BCUT2D eigenvalue weighted by Crippen LogP contribution is 2.46. The molecule has 1 aromatic carbocycles. The first kappa shape index (κ1) is 15.6. The molecule has 2 saturated heterocycles. The summed E-state index contributed by atoms with van der Waals surface area (Å²) in [7, 11) is 3.24. The van der Waals surface area contributed by atoms with Crippen molar-refractivity contribution in [2.75, 3.05) is 14.2 Å². The van der Waals surface area contributed by atoms with Crippen molar-refractivity contribution >= 4 is 0 Å². The van der Waals surface area contributed by atoms with Crippen molar-refractivity contribution in [3.63, 3.8) is 0 Å². The van der Waals surface area contributed by atoms with Gasteiger partial charge in [0, 0.05) is 12.1 Å². The minimum absolute atomic E-state index is 0.212. The van der Waals surface area contributed by atoms with E-state index in [0.717, 1.165) is 18.9 Å². The Kier molecular flexibility index (Phi) is 3.64. The Balaban J connectivity index is 1.98. The Bertz CT molecular complexity index is 559. The molecule has 2 atom stereocenters. The quantitative estimate of drug-likeness (QED) is 0.910. The largest absolute Gasteiger partial charge is 0.496 e. The summed E-state index contributed by atoms with van der Waals surface area (Å²) < 4.78 is 44.3. The molecule has 2 fully saturated rings. The van der Waals surface area contributed by atoms with E-state index < -0.39 is 17.3 Å². The van der Waals surface area contributed by atoms with E-state index >= 15 is 0 Å². The van der Waals surface area contributed by atoms with E-state index in [-0.39, 0.29) is 17.8 Å². The second-order valence-corrected chi connectivity index (χ2v) is 6.40. The zero-order valence-corrected chi connectivity index (χ0v) is 12.7. The third-order valence-corrected chi connectivity index (χ3v) is 5.17. The van der Waals surface area contributed by atoms with Crippen molar-refractivity contribution in [3.8, 4) is 5.75 Å². The van der Waals surface area contributed by atoms with Crippen LogP contribution >= 0.6 is 0 Å². The van der Waals surface area contributed by atoms with Crippen molar-refractivity contribution in [2.45, 2.75) is 49.5 Å². The minimum Gasteiger partial charge on any atom is -0.496 e. The fourth-order valence-corrected chi connectivity index (χ4v) is 3.90. The van der Waals surface area contributed by atoms with E-state index in [9.17, 15) is 18.3 Å². The van der Waals surface area contributed by atoms with E-state index in [1.165, 1.54) is 13.2 Å². The smallest absolute Gasteiger partial charge is 0.419 e. The predicted molar refractivity (Wildman–Crippen MR) is 75.7 cm³/mol. The molecular weight excluding hydrogens is 295 g/mol. The third-order valence-electron chi connectivity index (χ3n) is 5.17. The maximum atomic E-state index is 13.2. The fourth-order valence-electron chi connectivity index (χ4n) is 3.90. The van der Waals surface area contributed by atoms with Gasteiger partial charge in [-0.1, -0.05) is 6.07 Å². The minimum atomic E-state index is -4.50. The van der Waals surface area contributed by atoms with Crippen LogP contribution in [0.15, 0.2) is 18.2 Å². The Morgan fingerprint density at radius 3 is 2.32 bits per heavy atom. The van der Waals surface area contributed by atoms with Gasteiger partial charge >= 0.3 is 6.18 Å². The van der Waals surface area contributed by atoms with Crippen LogP contribution in [-0.4, -0.2) is 36.2 Å². The van der Waals surface area contributed by atoms with Crippen molar-refractivity contribution < 1.29 is 23.0 Å². The first-order valence-electron chi connectivity index (χ1n) is 7.44. The second-order valence-electron chi connectivity index (χ2n) is 6.40. The highest BCUT2D eigenvalue weighted by molar-refractivity contribution is 5.41. The molecule has 0 amide bonds. The number of rotatable bonds is 2. The van der Waals surface area contributed by atoms with Crippen molar-refractivity contribution in [3.05, 3.63) is 29.3 Å². The number of hydrogen-bond acceptors (Lipinski definition) is 3. The number of halogens is 3. The lowest BCUT2D eigenvalue weighted by Gasteiger charge is -2.42. The summed E-state index contributed by atoms with van der Waals surface area (Å²) in [4.78, 5) is 2.24. The van der Waals surface area contributed by atoms with Gasteiger partial charge in [-0.2, -0.15) is 13.2 Å². The number of nitrogens with zero attached hydrogens (tertiary/aromatic N) is 1. The van der Waals surface area contributed by atoms with Crippen LogP contribution < -0.4 is 4.74 Å². The van der Waals surface area contributed by atoms with Crippen molar-refractivity contribution in [1.82, 2.24) is 4.90 Å². The molecule has 1 N–H and O–H groups in total. The summed E-state index contributed by atoms with van der Waals surface area (Å²) in [5, 5.41) is 11.0.